The molecule has 0 rings (SSSR count). The first kappa shape index (κ1) is 117. The summed E-state index contributed by atoms with van der Waals surface area (Å²) in [4.78, 5) is 0. The van der Waals surface area contributed by atoms with Crippen molar-refractivity contribution in [3.63, 3.8) is 0 Å². The van der Waals surface area contributed by atoms with E-state index in [1.54, 1.807) is 0 Å². The molecule has 82 valence electrons. The maximum absolute atomic E-state index is 2.31. The van der Waals surface area contributed by atoms with E-state index in [0.717, 1.165) is 0 Å². The van der Waals surface area contributed by atoms with Gasteiger partial charge in [0.25, 0.3) is 14.1 Å². The Kier molecular flexibility index (Phi) is 887. The van der Waals surface area contributed by atoms with Crippen LogP contribution in [0.3, 0.4) is 0 Å². The quantitative estimate of drug-likeness (QED) is 0.498. The zero-order valence-electron chi connectivity index (χ0n) is 9.70. The molecule has 0 radical (unpaired) electrons. The SMILES string of the molecule is N.N.O.O.[CH3-].[CH3-].[CH3-].[CH3][Al]([CH3])[CH3].[Zn]. The Bertz CT molecular complexity index is 28.3. The van der Waals surface area contributed by atoms with Crippen molar-refractivity contribution >= 4 is 14.1 Å². The molecule has 0 atom stereocenters. The first-order chi connectivity index (χ1) is 1.73. The summed E-state index contributed by atoms with van der Waals surface area (Å²) in [6, 6.07) is 0. The predicted molar refractivity (Wildman–Crippen MR) is 59.9 cm³/mol. The molecule has 0 unspecified atom stereocenters. The van der Waals surface area contributed by atoms with Gasteiger partial charge in [0.05, 0.1) is 0 Å². The van der Waals surface area contributed by atoms with Crippen LogP contribution in [-0.4, -0.2) is 25.1 Å². The number of hydrogen-bond acceptors (Lipinski definition) is 2. The normalized spacial score (nSPS) is 2.25. The van der Waals surface area contributed by atoms with Gasteiger partial charge in [0.15, 0.2) is 0 Å². The summed E-state index contributed by atoms with van der Waals surface area (Å²) >= 11 is -0.139. The van der Waals surface area contributed by atoms with Crippen molar-refractivity contribution in [2.75, 3.05) is 0 Å². The molecule has 0 aromatic heterocycles. The van der Waals surface area contributed by atoms with Crippen LogP contribution in [0, 0.1) is 22.3 Å². The molecule has 4 nitrogen and oxygen atoms in total. The Morgan fingerprint density at radius 2 is 0.667 bits per heavy atom. The molecule has 0 saturated heterocycles. The second kappa shape index (κ2) is 90.8. The van der Waals surface area contributed by atoms with E-state index < -0.39 is 0 Å². The van der Waals surface area contributed by atoms with Gasteiger partial charge in [-0.1, -0.05) is 0 Å². The van der Waals surface area contributed by atoms with Crippen molar-refractivity contribution in [1.29, 1.82) is 0 Å². The maximum atomic E-state index is 2.31. The number of hydrogen-bond donors (Lipinski definition) is 2. The van der Waals surface area contributed by atoms with Gasteiger partial charge in [-0.25, -0.2) is 0 Å². The average molecular weight is 253 g/mol. The molecule has 10 N–H and O–H groups in total. The van der Waals surface area contributed by atoms with E-state index in [0.29, 0.717) is 0 Å². The Morgan fingerprint density at radius 3 is 0.667 bits per heavy atom. The van der Waals surface area contributed by atoms with E-state index >= 15 is 0 Å². The molecule has 0 aromatic carbocycles. The fourth-order valence-electron chi connectivity index (χ4n) is 0. The molecule has 0 aromatic rings. The van der Waals surface area contributed by atoms with E-state index in [9.17, 15) is 0 Å². The molecule has 6 heteroatoms. The third kappa shape index (κ3) is 1110. The molecule has 12 heavy (non-hydrogen) atoms. The molecule has 0 aliphatic carbocycles. The van der Waals surface area contributed by atoms with Gasteiger partial charge in [-0.05, 0) is 0 Å². The summed E-state index contributed by atoms with van der Waals surface area (Å²) in [6.45, 7) is 0. The first-order valence-electron chi connectivity index (χ1n) is 1.73. The van der Waals surface area contributed by atoms with E-state index in [-0.39, 0.29) is 79.2 Å². The minimum absolute atomic E-state index is 0. The summed E-state index contributed by atoms with van der Waals surface area (Å²) in [5, 5.41) is 0. The Hall–Kier alpha value is 0.996. The summed E-state index contributed by atoms with van der Waals surface area (Å²) < 4.78 is 0. The molecule has 0 heterocycles. The van der Waals surface area contributed by atoms with Gasteiger partial charge in [0.1, 0.15) is 0 Å². The summed E-state index contributed by atoms with van der Waals surface area (Å²) in [5.41, 5.74) is 0. The smallest absolute Gasteiger partial charge is 0.251 e. The van der Waals surface area contributed by atoms with E-state index in [1.807, 2.05) is 0 Å². The van der Waals surface area contributed by atoms with Crippen LogP contribution in [0.4, 0.5) is 0 Å². The molecule has 0 amide bonds. The van der Waals surface area contributed by atoms with Crippen LogP contribution in [0.5, 0.6) is 0 Å². The largest absolute Gasteiger partial charge is 0.412 e. The topological polar surface area (TPSA) is 133 Å². The zero-order valence-corrected chi connectivity index (χ0v) is 13.8. The van der Waals surface area contributed by atoms with Crippen molar-refractivity contribution in [3.8, 4) is 0 Å². The van der Waals surface area contributed by atoms with Crippen LogP contribution in [-0.2, 0) is 19.5 Å². The van der Waals surface area contributed by atoms with Crippen molar-refractivity contribution < 1.29 is 30.4 Å². The Labute approximate surface area is 96.4 Å². The fourth-order valence-corrected chi connectivity index (χ4v) is 0. The molecule has 0 fully saturated rings. The monoisotopic (exact) mass is 251 g/mol. The van der Waals surface area contributed by atoms with Crippen LogP contribution in [0.15, 0.2) is 0 Å². The molecular weight excluding hydrogens is 224 g/mol. The Balaban J connectivity index is -0.00000000161. The summed E-state index contributed by atoms with van der Waals surface area (Å²) in [6.07, 6.45) is 0. The fraction of sp³-hybridized carbons (Fsp3) is 0.500. The zero-order chi connectivity index (χ0) is 3.58. The van der Waals surface area contributed by atoms with Crippen LogP contribution in [0.1, 0.15) is 0 Å². The van der Waals surface area contributed by atoms with Crippen molar-refractivity contribution in [1.82, 2.24) is 12.3 Å². The molecular formula is C6H28AlN2O2Zn-3. The maximum Gasteiger partial charge on any atom is 0.251 e. The van der Waals surface area contributed by atoms with Crippen molar-refractivity contribution in [2.45, 2.75) is 17.4 Å². The van der Waals surface area contributed by atoms with Gasteiger partial charge in [-0.2, -0.15) is 0 Å². The van der Waals surface area contributed by atoms with Crippen LogP contribution in [0.2, 0.25) is 17.4 Å². The Morgan fingerprint density at radius 1 is 0.667 bits per heavy atom. The standard InChI is InChI=1S/6CH3.Al.2H3N.2H2O.Zn/h6*1H3;;2*1H3;2*1H2;/q;;;3*-1;;;;;;. The van der Waals surface area contributed by atoms with Crippen molar-refractivity contribution in [2.24, 2.45) is 0 Å². The third-order valence-corrected chi connectivity index (χ3v) is 0. The predicted octanol–water partition coefficient (Wildman–Crippen LogP) is 1.39. The third-order valence-electron chi connectivity index (χ3n) is 0. The van der Waals surface area contributed by atoms with Gasteiger partial charge in [0, 0.05) is 19.5 Å². The van der Waals surface area contributed by atoms with E-state index in [4.69, 9.17) is 0 Å². The summed E-state index contributed by atoms with van der Waals surface area (Å²) in [5.74, 6) is 6.92. The van der Waals surface area contributed by atoms with Crippen LogP contribution < -0.4 is 12.3 Å². The van der Waals surface area contributed by atoms with Gasteiger partial charge in [0.2, 0.25) is 0 Å². The molecule has 0 spiro atoms. The molecule has 0 aliphatic rings. The minimum atomic E-state index is -0.139. The molecule has 0 bridgehead atoms. The van der Waals surface area contributed by atoms with E-state index in [2.05, 4.69) is 17.4 Å². The summed E-state index contributed by atoms with van der Waals surface area (Å²) in [7, 11) is 0. The number of rotatable bonds is 0. The molecule has 0 aliphatic heterocycles. The van der Waals surface area contributed by atoms with Gasteiger partial charge in [-0.15, -0.1) is 17.4 Å². The van der Waals surface area contributed by atoms with Crippen molar-refractivity contribution in [3.05, 3.63) is 22.3 Å². The van der Waals surface area contributed by atoms with Gasteiger partial charge >= 0.3 is 0 Å². The first-order valence-corrected chi connectivity index (χ1v) is 5.20. The second-order valence-electron chi connectivity index (χ2n) is 1.73. The van der Waals surface area contributed by atoms with Gasteiger partial charge < -0.3 is 45.5 Å². The minimum Gasteiger partial charge on any atom is -0.412 e. The second-order valence-corrected chi connectivity index (χ2v) is 5.20. The van der Waals surface area contributed by atoms with Gasteiger partial charge in [-0.3, -0.25) is 0 Å². The van der Waals surface area contributed by atoms with Crippen LogP contribution >= 0.6 is 0 Å². The average Bonchev–Trinajstić information content (AvgIpc) is 0.811. The van der Waals surface area contributed by atoms with Crippen LogP contribution in [0.25, 0.3) is 0 Å². The molecule has 0 saturated carbocycles. The van der Waals surface area contributed by atoms with E-state index in [1.165, 1.54) is 0 Å².